The molecule has 1 aromatic heterocycles. The standard InChI is InChI=1S/C13H15N3O5/c1-20-11(18)8-5-7-10(15-6-14-7)13(12(19)21-2)4-3-9(17)16(8)13/h6,8H,3-5H2,1-2H3,(H,14,15)/t8-,13-/m0/s1. The summed E-state index contributed by atoms with van der Waals surface area (Å²) >= 11 is 0. The summed E-state index contributed by atoms with van der Waals surface area (Å²) in [6.07, 6.45) is 2.10. The second kappa shape index (κ2) is 4.57. The molecule has 0 radical (unpaired) electrons. The highest BCUT2D eigenvalue weighted by Gasteiger charge is 2.62. The van der Waals surface area contributed by atoms with E-state index in [1.165, 1.54) is 25.4 Å². The molecule has 1 fully saturated rings. The van der Waals surface area contributed by atoms with Gasteiger partial charge in [0.15, 0.2) is 5.54 Å². The summed E-state index contributed by atoms with van der Waals surface area (Å²) in [6, 6.07) is -0.850. The van der Waals surface area contributed by atoms with Crippen LogP contribution in [0.4, 0.5) is 0 Å². The van der Waals surface area contributed by atoms with Crippen molar-refractivity contribution in [1.82, 2.24) is 14.9 Å². The van der Waals surface area contributed by atoms with Gasteiger partial charge < -0.3 is 19.4 Å². The molecule has 0 bridgehead atoms. The summed E-state index contributed by atoms with van der Waals surface area (Å²) < 4.78 is 9.67. The van der Waals surface area contributed by atoms with Crippen molar-refractivity contribution in [3.8, 4) is 0 Å². The van der Waals surface area contributed by atoms with E-state index in [1.807, 2.05) is 0 Å². The Labute approximate surface area is 120 Å². The maximum Gasteiger partial charge on any atom is 0.338 e. The predicted molar refractivity (Wildman–Crippen MR) is 67.9 cm³/mol. The Hall–Kier alpha value is -2.38. The Balaban J connectivity index is 2.20. The van der Waals surface area contributed by atoms with E-state index in [0.717, 1.165) is 0 Å². The van der Waals surface area contributed by atoms with Gasteiger partial charge in [0, 0.05) is 18.5 Å². The molecule has 2 atom stereocenters. The number of fused-ring (bicyclic) bond motifs is 3. The van der Waals surface area contributed by atoms with Gasteiger partial charge in [-0.05, 0) is 6.42 Å². The smallest absolute Gasteiger partial charge is 0.338 e. The van der Waals surface area contributed by atoms with Crippen molar-refractivity contribution in [3.63, 3.8) is 0 Å². The number of H-pyrrole nitrogens is 1. The van der Waals surface area contributed by atoms with Crippen LogP contribution in [0.25, 0.3) is 0 Å². The molecule has 0 aliphatic carbocycles. The van der Waals surface area contributed by atoms with Gasteiger partial charge in [0.05, 0.1) is 26.2 Å². The number of nitrogens with zero attached hydrogens (tertiary/aromatic N) is 2. The lowest BCUT2D eigenvalue weighted by atomic mass is 9.84. The number of esters is 2. The van der Waals surface area contributed by atoms with Crippen LogP contribution in [0.2, 0.25) is 0 Å². The lowest BCUT2D eigenvalue weighted by Gasteiger charge is -2.42. The van der Waals surface area contributed by atoms with Crippen LogP contribution >= 0.6 is 0 Å². The number of ether oxygens (including phenoxy) is 2. The molecule has 21 heavy (non-hydrogen) atoms. The minimum atomic E-state index is -1.34. The normalized spacial score (nSPS) is 27.0. The van der Waals surface area contributed by atoms with Crippen LogP contribution in [0, 0.1) is 0 Å². The van der Waals surface area contributed by atoms with Crippen LogP contribution in [0.5, 0.6) is 0 Å². The SMILES string of the molecule is COC(=O)[C@@H]1Cc2[nH]cnc2[C@]2(C(=O)OC)CCC(=O)N12. The predicted octanol–water partition coefficient (Wildman–Crippen LogP) is -0.502. The Morgan fingerprint density at radius 3 is 2.86 bits per heavy atom. The number of nitrogens with one attached hydrogen (secondary N) is 1. The molecule has 2 aliphatic rings. The molecule has 3 heterocycles. The van der Waals surface area contributed by atoms with E-state index in [1.54, 1.807) is 0 Å². The van der Waals surface area contributed by atoms with E-state index in [-0.39, 0.29) is 25.2 Å². The number of aromatic nitrogens is 2. The van der Waals surface area contributed by atoms with Crippen LogP contribution in [0.15, 0.2) is 6.33 Å². The molecule has 112 valence electrons. The van der Waals surface area contributed by atoms with Crippen molar-refractivity contribution in [2.45, 2.75) is 30.8 Å². The molecule has 0 unspecified atom stereocenters. The van der Waals surface area contributed by atoms with Crippen molar-refractivity contribution in [2.24, 2.45) is 0 Å². The second-order valence-electron chi connectivity index (χ2n) is 5.09. The summed E-state index contributed by atoms with van der Waals surface area (Å²) in [4.78, 5) is 45.1. The van der Waals surface area contributed by atoms with Gasteiger partial charge in [-0.15, -0.1) is 0 Å². The molecule has 8 heteroatoms. The van der Waals surface area contributed by atoms with E-state index < -0.39 is 23.5 Å². The number of carbonyl (C=O) groups is 3. The molecule has 0 saturated carbocycles. The third kappa shape index (κ3) is 1.61. The molecule has 1 saturated heterocycles. The molecular weight excluding hydrogens is 278 g/mol. The van der Waals surface area contributed by atoms with Crippen molar-refractivity contribution in [3.05, 3.63) is 17.7 Å². The van der Waals surface area contributed by atoms with Gasteiger partial charge in [0.2, 0.25) is 5.91 Å². The van der Waals surface area contributed by atoms with Crippen LogP contribution in [-0.4, -0.2) is 53.0 Å². The zero-order valence-electron chi connectivity index (χ0n) is 11.7. The lowest BCUT2D eigenvalue weighted by molar-refractivity contribution is -0.168. The summed E-state index contributed by atoms with van der Waals surface area (Å²) in [5.74, 6) is -1.42. The molecule has 8 nitrogen and oxygen atoms in total. The summed E-state index contributed by atoms with van der Waals surface area (Å²) in [5, 5.41) is 0. The molecule has 0 spiro atoms. The minimum absolute atomic E-state index is 0.162. The first kappa shape index (κ1) is 13.6. The number of hydrogen-bond donors (Lipinski definition) is 1. The van der Waals surface area contributed by atoms with Gasteiger partial charge in [-0.3, -0.25) is 4.79 Å². The number of hydrogen-bond acceptors (Lipinski definition) is 6. The highest BCUT2D eigenvalue weighted by Crippen LogP contribution is 2.46. The van der Waals surface area contributed by atoms with E-state index in [2.05, 4.69) is 9.97 Å². The van der Waals surface area contributed by atoms with Crippen LogP contribution in [0.3, 0.4) is 0 Å². The average molecular weight is 293 g/mol. The lowest BCUT2D eigenvalue weighted by Crippen LogP contribution is -2.60. The largest absolute Gasteiger partial charge is 0.467 e. The Morgan fingerprint density at radius 2 is 2.19 bits per heavy atom. The summed E-state index contributed by atoms with van der Waals surface area (Å²) in [5.41, 5.74) is -0.222. The number of aromatic amines is 1. The zero-order valence-corrected chi connectivity index (χ0v) is 11.7. The van der Waals surface area contributed by atoms with Crippen LogP contribution in [-0.2, 0) is 35.8 Å². The molecule has 2 aliphatic heterocycles. The van der Waals surface area contributed by atoms with E-state index in [0.29, 0.717) is 11.4 Å². The van der Waals surface area contributed by atoms with Crippen LogP contribution in [0.1, 0.15) is 24.2 Å². The average Bonchev–Trinajstić information content (AvgIpc) is 3.10. The molecule has 0 aromatic carbocycles. The molecule has 3 rings (SSSR count). The maximum absolute atomic E-state index is 12.4. The molecule has 1 aromatic rings. The van der Waals surface area contributed by atoms with E-state index >= 15 is 0 Å². The Kier molecular flexibility index (Phi) is 2.96. The summed E-state index contributed by atoms with van der Waals surface area (Å²) in [6.45, 7) is 0. The van der Waals surface area contributed by atoms with Gasteiger partial charge in [0.1, 0.15) is 6.04 Å². The maximum atomic E-state index is 12.4. The molecule has 1 amide bonds. The van der Waals surface area contributed by atoms with Crippen molar-refractivity contribution in [2.75, 3.05) is 14.2 Å². The quantitative estimate of drug-likeness (QED) is 0.737. The third-order valence-electron chi connectivity index (χ3n) is 4.20. The van der Waals surface area contributed by atoms with Crippen molar-refractivity contribution < 1.29 is 23.9 Å². The van der Waals surface area contributed by atoms with Gasteiger partial charge >= 0.3 is 11.9 Å². The van der Waals surface area contributed by atoms with Gasteiger partial charge in [-0.1, -0.05) is 0 Å². The van der Waals surface area contributed by atoms with E-state index in [4.69, 9.17) is 9.47 Å². The van der Waals surface area contributed by atoms with Crippen molar-refractivity contribution >= 4 is 17.8 Å². The summed E-state index contributed by atoms with van der Waals surface area (Å²) in [7, 11) is 2.51. The number of amides is 1. The first-order valence-electron chi connectivity index (χ1n) is 6.57. The second-order valence-corrected chi connectivity index (χ2v) is 5.09. The van der Waals surface area contributed by atoms with Crippen LogP contribution < -0.4 is 0 Å². The number of carbonyl (C=O) groups excluding carboxylic acids is 3. The minimum Gasteiger partial charge on any atom is -0.467 e. The fourth-order valence-corrected chi connectivity index (χ4v) is 3.32. The van der Waals surface area contributed by atoms with Crippen molar-refractivity contribution in [1.29, 1.82) is 0 Å². The molecular formula is C13H15N3O5. The van der Waals surface area contributed by atoms with Gasteiger partial charge in [-0.2, -0.15) is 0 Å². The highest BCUT2D eigenvalue weighted by atomic mass is 16.5. The first-order chi connectivity index (χ1) is 10.1. The van der Waals surface area contributed by atoms with E-state index in [9.17, 15) is 14.4 Å². The number of methoxy groups -OCH3 is 2. The molecule has 1 N–H and O–H groups in total. The zero-order chi connectivity index (χ0) is 15.2. The monoisotopic (exact) mass is 293 g/mol. The highest BCUT2D eigenvalue weighted by molar-refractivity contribution is 5.96. The Morgan fingerprint density at radius 1 is 1.43 bits per heavy atom. The first-order valence-corrected chi connectivity index (χ1v) is 6.57. The Bertz CT molecular complexity index is 625. The number of imidazole rings is 1. The van der Waals surface area contributed by atoms with Gasteiger partial charge in [0.25, 0.3) is 0 Å². The topological polar surface area (TPSA) is 102 Å². The number of rotatable bonds is 2. The fraction of sp³-hybridized carbons (Fsp3) is 0.538. The third-order valence-corrected chi connectivity index (χ3v) is 4.20. The van der Waals surface area contributed by atoms with Gasteiger partial charge in [-0.25, -0.2) is 14.6 Å². The fourth-order valence-electron chi connectivity index (χ4n) is 3.32.